The van der Waals surface area contributed by atoms with Gasteiger partial charge >= 0.3 is 0 Å². The summed E-state index contributed by atoms with van der Waals surface area (Å²) in [6.45, 7) is -0.171. The van der Waals surface area contributed by atoms with E-state index in [0.29, 0.717) is 0 Å². The van der Waals surface area contributed by atoms with Gasteiger partial charge in [0.1, 0.15) is 6.67 Å². The Morgan fingerprint density at radius 2 is 2.44 bits per heavy atom. The van der Waals surface area contributed by atoms with Gasteiger partial charge in [0.2, 0.25) is 0 Å². The number of aliphatic hydroxyl groups excluding tert-OH is 1. The average molecular weight is 132 g/mol. The van der Waals surface area contributed by atoms with Crippen molar-refractivity contribution < 1.29 is 14.7 Å². The van der Waals surface area contributed by atoms with Gasteiger partial charge < -0.3 is 5.11 Å². The first-order chi connectivity index (χ1) is 4.22. The zero-order chi connectivity index (χ0) is 6.85. The lowest BCUT2D eigenvalue weighted by Crippen LogP contribution is -2.21. The van der Waals surface area contributed by atoms with Crippen LogP contribution in [0.25, 0.3) is 0 Å². The second-order valence-electron chi connectivity index (χ2n) is 1.53. The number of allylic oxidation sites excluding steroid dienone is 1. The van der Waals surface area contributed by atoms with Crippen LogP contribution in [-0.4, -0.2) is 28.3 Å². The van der Waals surface area contributed by atoms with E-state index in [1.807, 2.05) is 0 Å². The number of halogens is 1. The molecular formula is C4H5FN2O2. The summed E-state index contributed by atoms with van der Waals surface area (Å²) in [6, 6.07) is 0. The number of aliphatic imine (C=N–C) groups is 1. The molecule has 0 bridgehead atoms. The highest BCUT2D eigenvalue weighted by Crippen LogP contribution is 2.09. The molecule has 2 N–H and O–H groups in total. The van der Waals surface area contributed by atoms with Crippen molar-refractivity contribution in [2.24, 2.45) is 4.99 Å². The quantitative estimate of drug-likeness (QED) is 0.469. The van der Waals surface area contributed by atoms with E-state index < -0.39 is 11.7 Å². The van der Waals surface area contributed by atoms with Crippen LogP contribution in [0, 0.1) is 0 Å². The predicted molar refractivity (Wildman–Crippen MR) is 27.7 cm³/mol. The molecule has 0 fully saturated rings. The molecule has 1 aliphatic rings. The third kappa shape index (κ3) is 0.996. The molecule has 0 saturated carbocycles. The van der Waals surface area contributed by atoms with E-state index in [4.69, 9.17) is 10.3 Å². The van der Waals surface area contributed by atoms with Crippen LogP contribution in [0.4, 0.5) is 4.39 Å². The van der Waals surface area contributed by atoms with Crippen LogP contribution in [-0.2, 0) is 0 Å². The van der Waals surface area contributed by atoms with Crippen LogP contribution in [0.15, 0.2) is 16.7 Å². The van der Waals surface area contributed by atoms with Crippen LogP contribution in [0.3, 0.4) is 0 Å². The van der Waals surface area contributed by atoms with Gasteiger partial charge in [-0.2, -0.15) is 4.39 Å². The van der Waals surface area contributed by atoms with Gasteiger partial charge in [0.15, 0.2) is 5.76 Å². The molecule has 0 saturated heterocycles. The Morgan fingerprint density at radius 3 is 2.89 bits per heavy atom. The van der Waals surface area contributed by atoms with Gasteiger partial charge in [-0.1, -0.05) is 0 Å². The fourth-order valence-electron chi connectivity index (χ4n) is 0.452. The number of aliphatic hydroxyl groups is 1. The zero-order valence-electron chi connectivity index (χ0n) is 4.45. The first-order valence-electron chi connectivity index (χ1n) is 2.27. The molecule has 0 atom stereocenters. The summed E-state index contributed by atoms with van der Waals surface area (Å²) < 4.78 is 12.2. The molecule has 0 aromatic carbocycles. The summed E-state index contributed by atoms with van der Waals surface area (Å²) in [5.41, 5.74) is 0. The molecule has 0 aromatic heterocycles. The molecular weight excluding hydrogens is 127 g/mol. The summed E-state index contributed by atoms with van der Waals surface area (Å²) in [6.07, 6.45) is 0.946. The Morgan fingerprint density at radius 1 is 1.78 bits per heavy atom. The minimum atomic E-state index is -1.06. The van der Waals surface area contributed by atoms with Gasteiger partial charge in [-0.15, -0.1) is 0 Å². The van der Waals surface area contributed by atoms with Gasteiger partial charge in [0.05, 0.1) is 6.21 Å². The summed E-state index contributed by atoms with van der Waals surface area (Å²) in [4.78, 5) is 3.39. The van der Waals surface area contributed by atoms with Crippen molar-refractivity contribution in [3.8, 4) is 0 Å². The first kappa shape index (κ1) is 6.03. The minimum Gasteiger partial charge on any atom is -0.503 e. The smallest absolute Gasteiger partial charge is 0.258 e. The largest absolute Gasteiger partial charge is 0.503 e. The lowest BCUT2D eigenvalue weighted by Gasteiger charge is -2.14. The molecule has 0 amide bonds. The summed E-state index contributed by atoms with van der Waals surface area (Å²) in [5.74, 6) is -1.71. The molecule has 0 aromatic rings. The first-order valence-corrected chi connectivity index (χ1v) is 2.27. The minimum absolute atomic E-state index is 0.171. The van der Waals surface area contributed by atoms with E-state index in [9.17, 15) is 4.39 Å². The summed E-state index contributed by atoms with van der Waals surface area (Å²) in [7, 11) is 0. The monoisotopic (exact) mass is 132 g/mol. The van der Waals surface area contributed by atoms with Crippen molar-refractivity contribution in [2.75, 3.05) is 6.67 Å². The zero-order valence-corrected chi connectivity index (χ0v) is 4.45. The molecule has 0 radical (unpaired) electrons. The van der Waals surface area contributed by atoms with Crippen LogP contribution in [0.1, 0.15) is 0 Å². The number of rotatable bonds is 0. The van der Waals surface area contributed by atoms with Crippen molar-refractivity contribution >= 4 is 6.21 Å². The van der Waals surface area contributed by atoms with Crippen LogP contribution >= 0.6 is 0 Å². The Labute approximate surface area is 50.5 Å². The molecule has 1 aliphatic heterocycles. The molecule has 5 heteroatoms. The molecule has 1 rings (SSSR count). The normalized spacial score (nSPS) is 19.1. The highest BCUT2D eigenvalue weighted by Gasteiger charge is 2.13. The molecule has 0 unspecified atom stereocenters. The van der Waals surface area contributed by atoms with Crippen molar-refractivity contribution in [1.29, 1.82) is 0 Å². The maximum atomic E-state index is 12.2. The summed E-state index contributed by atoms with van der Waals surface area (Å²) in [5, 5.41) is 17.2. The van der Waals surface area contributed by atoms with E-state index in [1.54, 1.807) is 0 Å². The Kier molecular flexibility index (Phi) is 1.35. The molecule has 50 valence electrons. The van der Waals surface area contributed by atoms with Crippen molar-refractivity contribution in [2.45, 2.75) is 0 Å². The molecule has 1 heterocycles. The molecule has 0 aliphatic carbocycles. The SMILES string of the molecule is OC1=C(F)N(O)CN=C1. The summed E-state index contributed by atoms with van der Waals surface area (Å²) >= 11 is 0. The standard InChI is InChI=1S/C4H5FN2O2/c5-4-3(8)1-6-2-7(4)9/h1,8-9H,2H2. The highest BCUT2D eigenvalue weighted by atomic mass is 19.1. The fraction of sp³-hybridized carbons (Fsp3) is 0.250. The Hall–Kier alpha value is -1.10. The van der Waals surface area contributed by atoms with E-state index in [2.05, 4.69) is 4.99 Å². The van der Waals surface area contributed by atoms with Crippen LogP contribution in [0.5, 0.6) is 0 Å². The lowest BCUT2D eigenvalue weighted by molar-refractivity contribution is -0.0801. The predicted octanol–water partition coefficient (Wildman–Crippen LogP) is 0.416. The number of nitrogens with zero attached hydrogens (tertiary/aromatic N) is 2. The van der Waals surface area contributed by atoms with Crippen molar-refractivity contribution in [1.82, 2.24) is 5.06 Å². The number of hydroxylamine groups is 2. The topological polar surface area (TPSA) is 56.1 Å². The van der Waals surface area contributed by atoms with E-state index in [0.717, 1.165) is 6.21 Å². The Balaban J connectivity index is 2.83. The molecule has 4 nitrogen and oxygen atoms in total. The van der Waals surface area contributed by atoms with E-state index in [1.165, 1.54) is 0 Å². The third-order valence-electron chi connectivity index (χ3n) is 0.867. The number of hydrogen-bond donors (Lipinski definition) is 2. The van der Waals surface area contributed by atoms with Gasteiger partial charge in [0.25, 0.3) is 5.95 Å². The van der Waals surface area contributed by atoms with Gasteiger partial charge in [-0.05, 0) is 0 Å². The lowest BCUT2D eigenvalue weighted by atomic mass is 10.5. The van der Waals surface area contributed by atoms with Gasteiger partial charge in [0, 0.05) is 0 Å². The second-order valence-corrected chi connectivity index (χ2v) is 1.53. The molecule has 9 heavy (non-hydrogen) atoms. The van der Waals surface area contributed by atoms with Crippen LogP contribution in [0.2, 0.25) is 0 Å². The molecule has 0 spiro atoms. The maximum Gasteiger partial charge on any atom is 0.258 e. The highest BCUT2D eigenvalue weighted by molar-refractivity contribution is 5.76. The fourth-order valence-corrected chi connectivity index (χ4v) is 0.452. The van der Waals surface area contributed by atoms with E-state index in [-0.39, 0.29) is 11.7 Å². The van der Waals surface area contributed by atoms with Crippen molar-refractivity contribution in [3.05, 3.63) is 11.7 Å². The average Bonchev–Trinajstić information content (AvgIpc) is 1.83. The van der Waals surface area contributed by atoms with Crippen LogP contribution < -0.4 is 0 Å². The Bertz CT molecular complexity index is 177. The third-order valence-corrected chi connectivity index (χ3v) is 0.867. The van der Waals surface area contributed by atoms with Crippen molar-refractivity contribution in [3.63, 3.8) is 0 Å². The van der Waals surface area contributed by atoms with Gasteiger partial charge in [-0.25, -0.2) is 5.06 Å². The maximum absolute atomic E-state index is 12.2. The second kappa shape index (κ2) is 2.02. The number of hydrogen-bond acceptors (Lipinski definition) is 4. The van der Waals surface area contributed by atoms with E-state index >= 15 is 0 Å². The van der Waals surface area contributed by atoms with Gasteiger partial charge in [-0.3, -0.25) is 10.2 Å².